The van der Waals surface area contributed by atoms with Crippen LogP contribution in [0, 0.1) is 0 Å². The Hall–Kier alpha value is -1.13. The third kappa shape index (κ3) is 1.33. The lowest BCUT2D eigenvalue weighted by molar-refractivity contribution is 0.751. The number of H-pyrrole nitrogens is 1. The fourth-order valence-corrected chi connectivity index (χ4v) is 2.91. The Kier molecular flexibility index (Phi) is 1.94. The van der Waals surface area contributed by atoms with Gasteiger partial charge in [-0.3, -0.25) is 0 Å². The van der Waals surface area contributed by atoms with Crippen molar-refractivity contribution in [2.24, 2.45) is 5.73 Å². The molecule has 0 bridgehead atoms. The summed E-state index contributed by atoms with van der Waals surface area (Å²) in [5, 5.41) is 2.14. The lowest BCUT2D eigenvalue weighted by Gasteiger charge is -2.09. The van der Waals surface area contributed by atoms with Gasteiger partial charge in [0.05, 0.1) is 11.7 Å². The molecule has 1 atom stereocenters. The molecule has 0 aliphatic heterocycles. The smallest absolute Gasteiger partial charge is 0.123 e. The molecule has 0 fully saturated rings. The predicted molar refractivity (Wildman–Crippen MR) is 61.9 cm³/mol. The summed E-state index contributed by atoms with van der Waals surface area (Å²) in [4.78, 5) is 9.37. The number of aryl methyl sites for hydroxylation is 2. The number of nitrogens with zero attached hydrogens (tertiary/aromatic N) is 1. The number of aromatic amines is 1. The Morgan fingerprint density at radius 1 is 1.53 bits per heavy atom. The molecule has 3 N–H and O–H groups in total. The largest absolute Gasteiger partial charge is 0.344 e. The van der Waals surface area contributed by atoms with Crippen LogP contribution in [0.4, 0.5) is 0 Å². The van der Waals surface area contributed by atoms with Crippen LogP contribution < -0.4 is 5.73 Å². The van der Waals surface area contributed by atoms with E-state index in [0.717, 1.165) is 24.4 Å². The summed E-state index contributed by atoms with van der Waals surface area (Å²) < 4.78 is 0. The minimum Gasteiger partial charge on any atom is -0.344 e. The van der Waals surface area contributed by atoms with Crippen molar-refractivity contribution in [2.45, 2.75) is 25.8 Å². The van der Waals surface area contributed by atoms with Crippen LogP contribution in [0.5, 0.6) is 0 Å². The van der Waals surface area contributed by atoms with Gasteiger partial charge in [0, 0.05) is 16.1 Å². The summed E-state index contributed by atoms with van der Waals surface area (Å²) in [6.07, 6.45) is 2.18. The third-order valence-electron chi connectivity index (χ3n) is 2.83. The topological polar surface area (TPSA) is 54.7 Å². The standard InChI is InChI=1S/C11H13N3S/c1-6(12)11-13-8-2-3-9-7(4-5-15-9)10(8)14-11/h4-6H,2-3,12H2,1H3,(H,13,14). The van der Waals surface area contributed by atoms with Crippen LogP contribution in [-0.4, -0.2) is 9.97 Å². The number of rotatable bonds is 1. The molecule has 2 heterocycles. The van der Waals surface area contributed by atoms with Gasteiger partial charge in [-0.05, 0) is 31.2 Å². The van der Waals surface area contributed by atoms with E-state index in [9.17, 15) is 0 Å². The van der Waals surface area contributed by atoms with Crippen LogP contribution in [0.3, 0.4) is 0 Å². The first kappa shape index (κ1) is 9.12. The predicted octanol–water partition coefficient (Wildman–Crippen LogP) is 2.26. The molecule has 4 heteroatoms. The van der Waals surface area contributed by atoms with E-state index in [1.54, 1.807) is 0 Å². The molecule has 0 saturated carbocycles. The molecular weight excluding hydrogens is 206 g/mol. The van der Waals surface area contributed by atoms with Gasteiger partial charge in [-0.1, -0.05) is 0 Å². The van der Waals surface area contributed by atoms with Gasteiger partial charge in [0.15, 0.2) is 0 Å². The van der Waals surface area contributed by atoms with Crippen molar-refractivity contribution in [2.75, 3.05) is 0 Å². The van der Waals surface area contributed by atoms with E-state index in [4.69, 9.17) is 5.73 Å². The maximum absolute atomic E-state index is 5.83. The molecule has 78 valence electrons. The van der Waals surface area contributed by atoms with Gasteiger partial charge in [0.25, 0.3) is 0 Å². The lowest BCUT2D eigenvalue weighted by atomic mass is 10.0. The first-order valence-corrected chi connectivity index (χ1v) is 6.05. The summed E-state index contributed by atoms with van der Waals surface area (Å²) in [7, 11) is 0. The van der Waals surface area contributed by atoms with E-state index >= 15 is 0 Å². The Balaban J connectivity index is 2.16. The van der Waals surface area contributed by atoms with Crippen molar-refractivity contribution in [3.8, 4) is 11.3 Å². The lowest BCUT2D eigenvalue weighted by Crippen LogP contribution is -2.06. The summed E-state index contributed by atoms with van der Waals surface area (Å²) in [6.45, 7) is 1.96. The number of fused-ring (bicyclic) bond motifs is 3. The number of imidazole rings is 1. The van der Waals surface area contributed by atoms with Crippen LogP contribution in [0.15, 0.2) is 11.4 Å². The second-order valence-corrected chi connectivity index (χ2v) is 5.00. The van der Waals surface area contributed by atoms with E-state index in [-0.39, 0.29) is 6.04 Å². The highest BCUT2D eigenvalue weighted by Gasteiger charge is 2.21. The van der Waals surface area contributed by atoms with Crippen LogP contribution in [0.2, 0.25) is 0 Å². The molecule has 0 aromatic carbocycles. The Bertz CT molecular complexity index is 496. The molecule has 1 unspecified atom stereocenters. The minimum absolute atomic E-state index is 0.0160. The number of nitrogens with one attached hydrogen (secondary N) is 1. The normalized spacial score (nSPS) is 15.9. The Morgan fingerprint density at radius 2 is 2.40 bits per heavy atom. The van der Waals surface area contributed by atoms with Crippen LogP contribution >= 0.6 is 11.3 Å². The maximum Gasteiger partial charge on any atom is 0.123 e. The van der Waals surface area contributed by atoms with Gasteiger partial charge >= 0.3 is 0 Å². The van der Waals surface area contributed by atoms with Crippen molar-refractivity contribution in [3.63, 3.8) is 0 Å². The molecule has 3 rings (SSSR count). The summed E-state index contributed by atoms with van der Waals surface area (Å²) in [6, 6.07) is 2.14. The average molecular weight is 219 g/mol. The molecule has 2 aromatic rings. The molecule has 0 spiro atoms. The number of nitrogens with two attached hydrogens (primary N) is 1. The van der Waals surface area contributed by atoms with Gasteiger partial charge < -0.3 is 10.7 Å². The molecule has 0 amide bonds. The molecule has 0 saturated heterocycles. The quantitative estimate of drug-likeness (QED) is 0.773. The van der Waals surface area contributed by atoms with Crippen LogP contribution in [0.1, 0.15) is 29.4 Å². The van der Waals surface area contributed by atoms with Gasteiger partial charge in [-0.2, -0.15) is 0 Å². The van der Waals surface area contributed by atoms with Crippen LogP contribution in [-0.2, 0) is 12.8 Å². The summed E-state index contributed by atoms with van der Waals surface area (Å²) in [5.41, 5.74) is 9.48. The first-order valence-electron chi connectivity index (χ1n) is 5.17. The summed E-state index contributed by atoms with van der Waals surface area (Å²) in [5.74, 6) is 0.902. The molecule has 1 aliphatic carbocycles. The number of aromatic nitrogens is 2. The van der Waals surface area contributed by atoms with Gasteiger partial charge in [-0.25, -0.2) is 4.98 Å². The fraction of sp³-hybridized carbons (Fsp3) is 0.364. The van der Waals surface area contributed by atoms with E-state index in [0.29, 0.717) is 0 Å². The zero-order chi connectivity index (χ0) is 10.4. The molecule has 0 radical (unpaired) electrons. The number of hydrogen-bond acceptors (Lipinski definition) is 3. The zero-order valence-electron chi connectivity index (χ0n) is 8.58. The highest BCUT2D eigenvalue weighted by molar-refractivity contribution is 7.10. The average Bonchev–Trinajstić information content (AvgIpc) is 2.82. The van der Waals surface area contributed by atoms with Crippen molar-refractivity contribution < 1.29 is 0 Å². The number of thiophene rings is 1. The Morgan fingerprint density at radius 3 is 3.20 bits per heavy atom. The molecule has 15 heavy (non-hydrogen) atoms. The van der Waals surface area contributed by atoms with E-state index in [2.05, 4.69) is 21.4 Å². The van der Waals surface area contributed by atoms with Crippen molar-refractivity contribution >= 4 is 11.3 Å². The number of hydrogen-bond donors (Lipinski definition) is 2. The first-order chi connectivity index (χ1) is 7.25. The van der Waals surface area contributed by atoms with Crippen molar-refractivity contribution in [3.05, 3.63) is 27.8 Å². The van der Waals surface area contributed by atoms with E-state index < -0.39 is 0 Å². The molecule has 2 aromatic heterocycles. The van der Waals surface area contributed by atoms with E-state index in [1.807, 2.05) is 18.3 Å². The van der Waals surface area contributed by atoms with Gasteiger partial charge in [0.1, 0.15) is 5.82 Å². The summed E-state index contributed by atoms with van der Waals surface area (Å²) >= 11 is 1.82. The highest BCUT2D eigenvalue weighted by Crippen LogP contribution is 2.35. The molecule has 1 aliphatic rings. The second-order valence-electron chi connectivity index (χ2n) is 4.00. The molecule has 3 nitrogen and oxygen atoms in total. The fourth-order valence-electron chi connectivity index (χ4n) is 2.03. The molecular formula is C11H13N3S. The van der Waals surface area contributed by atoms with Crippen LogP contribution in [0.25, 0.3) is 11.3 Å². The maximum atomic E-state index is 5.83. The van der Waals surface area contributed by atoms with Gasteiger partial charge in [-0.15, -0.1) is 11.3 Å². The second kappa shape index (κ2) is 3.18. The van der Waals surface area contributed by atoms with Gasteiger partial charge in [0.2, 0.25) is 0 Å². The van der Waals surface area contributed by atoms with Crippen molar-refractivity contribution in [1.29, 1.82) is 0 Å². The van der Waals surface area contributed by atoms with Crippen molar-refractivity contribution in [1.82, 2.24) is 9.97 Å². The SMILES string of the molecule is CC(N)c1nc2c([nH]1)CCc1sccc1-2. The zero-order valence-corrected chi connectivity index (χ0v) is 9.40. The highest BCUT2D eigenvalue weighted by atomic mass is 32.1. The Labute approximate surface area is 92.4 Å². The van der Waals surface area contributed by atoms with E-state index in [1.165, 1.54) is 16.1 Å². The monoisotopic (exact) mass is 219 g/mol. The third-order valence-corrected chi connectivity index (χ3v) is 3.81. The minimum atomic E-state index is -0.0160.